The number of nitriles is 1. The van der Waals surface area contributed by atoms with Crippen molar-refractivity contribution in [2.75, 3.05) is 0 Å². The number of H-pyrrole nitrogens is 2. The molecule has 2 aromatic heterocycles. The SMILES string of the molecule is Cc1ccc2nc(/C(C#N)=C/c3cn[nH]c3-c3ccccc3)[nH]c2c1. The first kappa shape index (κ1) is 14.9. The van der Waals surface area contributed by atoms with Gasteiger partial charge >= 0.3 is 0 Å². The van der Waals surface area contributed by atoms with Crippen LogP contribution < -0.4 is 0 Å². The van der Waals surface area contributed by atoms with Crippen molar-refractivity contribution in [1.82, 2.24) is 20.2 Å². The van der Waals surface area contributed by atoms with Gasteiger partial charge in [-0.3, -0.25) is 5.10 Å². The summed E-state index contributed by atoms with van der Waals surface area (Å²) < 4.78 is 0. The van der Waals surface area contributed by atoms with Crippen molar-refractivity contribution in [1.29, 1.82) is 5.26 Å². The van der Waals surface area contributed by atoms with Crippen LogP contribution in [0.2, 0.25) is 0 Å². The van der Waals surface area contributed by atoms with Gasteiger partial charge in [-0.15, -0.1) is 0 Å². The summed E-state index contributed by atoms with van der Waals surface area (Å²) in [6.07, 6.45) is 3.52. The Morgan fingerprint density at radius 3 is 2.80 bits per heavy atom. The Hall–Kier alpha value is -3.65. The number of imidazole rings is 1. The van der Waals surface area contributed by atoms with Crippen LogP contribution in [0.5, 0.6) is 0 Å². The summed E-state index contributed by atoms with van der Waals surface area (Å²) in [6, 6.07) is 18.1. The molecule has 2 aromatic carbocycles. The molecule has 5 nitrogen and oxygen atoms in total. The number of nitrogens with zero attached hydrogens (tertiary/aromatic N) is 3. The molecule has 0 aliphatic heterocycles. The second-order valence-corrected chi connectivity index (χ2v) is 5.84. The van der Waals surface area contributed by atoms with E-state index in [1.165, 1.54) is 0 Å². The minimum absolute atomic E-state index is 0.465. The van der Waals surface area contributed by atoms with Gasteiger partial charge in [0, 0.05) is 11.1 Å². The topological polar surface area (TPSA) is 81.2 Å². The Kier molecular flexibility index (Phi) is 3.64. The second kappa shape index (κ2) is 6.10. The highest BCUT2D eigenvalue weighted by Crippen LogP contribution is 2.25. The average Bonchev–Trinajstić information content (AvgIpc) is 3.26. The van der Waals surface area contributed by atoms with E-state index in [2.05, 4.69) is 26.2 Å². The van der Waals surface area contributed by atoms with Crippen molar-refractivity contribution in [3.63, 3.8) is 0 Å². The maximum Gasteiger partial charge on any atom is 0.149 e. The summed E-state index contributed by atoms with van der Waals surface area (Å²) in [5.41, 5.74) is 6.12. The Morgan fingerprint density at radius 2 is 2.00 bits per heavy atom. The van der Waals surface area contributed by atoms with E-state index in [0.29, 0.717) is 11.4 Å². The fraction of sp³-hybridized carbons (Fsp3) is 0.0500. The third-order valence-corrected chi connectivity index (χ3v) is 4.04. The van der Waals surface area contributed by atoms with E-state index in [0.717, 1.165) is 33.4 Å². The first-order valence-corrected chi connectivity index (χ1v) is 7.92. The molecular formula is C20H15N5. The molecule has 0 atom stereocenters. The van der Waals surface area contributed by atoms with Gasteiger partial charge in [-0.2, -0.15) is 10.4 Å². The van der Waals surface area contributed by atoms with Crippen molar-refractivity contribution < 1.29 is 0 Å². The minimum atomic E-state index is 0.465. The van der Waals surface area contributed by atoms with Gasteiger partial charge in [-0.1, -0.05) is 36.4 Å². The van der Waals surface area contributed by atoms with Crippen molar-refractivity contribution >= 4 is 22.7 Å². The zero-order valence-corrected chi connectivity index (χ0v) is 13.6. The summed E-state index contributed by atoms with van der Waals surface area (Å²) >= 11 is 0. The van der Waals surface area contributed by atoms with Crippen LogP contribution in [0.25, 0.3) is 33.9 Å². The Morgan fingerprint density at radius 1 is 1.16 bits per heavy atom. The molecule has 0 radical (unpaired) electrons. The molecule has 4 rings (SSSR count). The van der Waals surface area contributed by atoms with E-state index in [4.69, 9.17) is 0 Å². The summed E-state index contributed by atoms with van der Waals surface area (Å²) in [6.45, 7) is 2.03. The van der Waals surface area contributed by atoms with Gasteiger partial charge < -0.3 is 4.98 Å². The lowest BCUT2D eigenvalue weighted by atomic mass is 10.1. The lowest BCUT2D eigenvalue weighted by Crippen LogP contribution is -1.86. The largest absolute Gasteiger partial charge is 0.337 e. The van der Waals surface area contributed by atoms with Gasteiger partial charge in [0.2, 0.25) is 0 Å². The molecule has 4 aromatic rings. The average molecular weight is 325 g/mol. The molecule has 0 spiro atoms. The predicted molar refractivity (Wildman–Crippen MR) is 98.3 cm³/mol. The molecule has 0 saturated carbocycles. The number of fused-ring (bicyclic) bond motifs is 1. The standard InChI is InChI=1S/C20H15N5/c1-13-7-8-17-18(9-13)24-20(23-17)15(11-21)10-16-12-22-25-19(16)14-5-3-2-4-6-14/h2-10,12H,1H3,(H,22,25)(H,23,24)/b15-10+. The van der Waals surface area contributed by atoms with Gasteiger partial charge in [0.15, 0.2) is 0 Å². The minimum Gasteiger partial charge on any atom is -0.337 e. The molecule has 0 bridgehead atoms. The number of nitrogens with one attached hydrogen (secondary N) is 2. The number of benzene rings is 2. The number of aryl methyl sites for hydroxylation is 1. The van der Waals surface area contributed by atoms with E-state index < -0.39 is 0 Å². The third-order valence-electron chi connectivity index (χ3n) is 4.04. The fourth-order valence-electron chi connectivity index (χ4n) is 2.80. The number of hydrogen-bond donors (Lipinski definition) is 2. The van der Waals surface area contributed by atoms with Crippen LogP contribution in [0.1, 0.15) is 17.0 Å². The molecule has 0 amide bonds. The Labute approximate surface area is 144 Å². The highest BCUT2D eigenvalue weighted by molar-refractivity contribution is 5.92. The lowest BCUT2D eigenvalue weighted by molar-refractivity contribution is 1.10. The normalized spacial score (nSPS) is 11.6. The maximum atomic E-state index is 9.61. The van der Waals surface area contributed by atoms with E-state index in [1.54, 1.807) is 12.3 Å². The Balaban J connectivity index is 1.79. The van der Waals surface area contributed by atoms with Crippen molar-refractivity contribution in [2.24, 2.45) is 0 Å². The Bertz CT molecular complexity index is 1110. The summed E-state index contributed by atoms with van der Waals surface area (Å²) in [4.78, 5) is 7.76. The van der Waals surface area contributed by atoms with Crippen LogP contribution in [-0.4, -0.2) is 20.2 Å². The molecule has 2 N–H and O–H groups in total. The number of aromatic nitrogens is 4. The monoisotopic (exact) mass is 325 g/mol. The number of aromatic amines is 2. The number of hydrogen-bond acceptors (Lipinski definition) is 3. The number of rotatable bonds is 3. The molecule has 0 fully saturated rings. The molecule has 25 heavy (non-hydrogen) atoms. The highest BCUT2D eigenvalue weighted by Gasteiger charge is 2.11. The fourth-order valence-corrected chi connectivity index (χ4v) is 2.80. The molecule has 0 aliphatic rings. The highest BCUT2D eigenvalue weighted by atomic mass is 15.1. The zero-order chi connectivity index (χ0) is 17.2. The first-order valence-electron chi connectivity index (χ1n) is 7.92. The lowest BCUT2D eigenvalue weighted by Gasteiger charge is -2.00. The van der Waals surface area contributed by atoms with E-state index in [-0.39, 0.29) is 0 Å². The summed E-state index contributed by atoms with van der Waals surface area (Å²) in [7, 11) is 0. The first-order chi connectivity index (χ1) is 12.2. The van der Waals surface area contributed by atoms with Crippen molar-refractivity contribution in [3.8, 4) is 17.3 Å². The molecular weight excluding hydrogens is 310 g/mol. The van der Waals surface area contributed by atoms with Crippen LogP contribution in [0.4, 0.5) is 0 Å². The summed E-state index contributed by atoms with van der Waals surface area (Å²) in [5, 5.41) is 16.7. The maximum absolute atomic E-state index is 9.61. The molecule has 2 heterocycles. The number of allylic oxidation sites excluding steroid dienone is 1. The van der Waals surface area contributed by atoms with Crippen LogP contribution in [0.15, 0.2) is 54.7 Å². The zero-order valence-electron chi connectivity index (χ0n) is 13.6. The van der Waals surface area contributed by atoms with E-state index in [1.807, 2.05) is 55.5 Å². The van der Waals surface area contributed by atoms with Gasteiger partial charge in [0.1, 0.15) is 11.9 Å². The molecule has 120 valence electrons. The van der Waals surface area contributed by atoms with Gasteiger partial charge in [-0.25, -0.2) is 4.98 Å². The molecule has 0 unspecified atom stereocenters. The van der Waals surface area contributed by atoms with Crippen LogP contribution in [-0.2, 0) is 0 Å². The van der Waals surface area contributed by atoms with Crippen LogP contribution in [0.3, 0.4) is 0 Å². The third kappa shape index (κ3) is 2.81. The van der Waals surface area contributed by atoms with Crippen LogP contribution in [0, 0.1) is 18.3 Å². The second-order valence-electron chi connectivity index (χ2n) is 5.84. The predicted octanol–water partition coefficient (Wildman–Crippen LogP) is 4.33. The van der Waals surface area contributed by atoms with Crippen LogP contribution >= 0.6 is 0 Å². The molecule has 5 heteroatoms. The molecule has 0 saturated heterocycles. The quantitative estimate of drug-likeness (QED) is 0.550. The smallest absolute Gasteiger partial charge is 0.149 e. The van der Waals surface area contributed by atoms with E-state index >= 15 is 0 Å². The van der Waals surface area contributed by atoms with Crippen molar-refractivity contribution in [2.45, 2.75) is 6.92 Å². The summed E-state index contributed by atoms with van der Waals surface area (Å²) in [5.74, 6) is 0.559. The van der Waals surface area contributed by atoms with Gasteiger partial charge in [0.05, 0.1) is 28.5 Å². The van der Waals surface area contributed by atoms with Crippen molar-refractivity contribution in [3.05, 3.63) is 71.7 Å². The molecule has 0 aliphatic carbocycles. The van der Waals surface area contributed by atoms with E-state index in [9.17, 15) is 5.26 Å². The van der Waals surface area contributed by atoms with Gasteiger partial charge in [0.25, 0.3) is 0 Å². The van der Waals surface area contributed by atoms with Gasteiger partial charge in [-0.05, 0) is 30.7 Å².